The first-order valence-corrected chi connectivity index (χ1v) is 9.91. The Labute approximate surface area is 163 Å². The molecule has 5 nitrogen and oxygen atoms in total. The van der Waals surface area contributed by atoms with Gasteiger partial charge in [0.1, 0.15) is 5.75 Å². The van der Waals surface area contributed by atoms with Gasteiger partial charge in [-0.2, -0.15) is 0 Å². The predicted octanol–water partition coefficient (Wildman–Crippen LogP) is 4.04. The van der Waals surface area contributed by atoms with Crippen molar-refractivity contribution in [1.29, 1.82) is 0 Å². The molecule has 0 bridgehead atoms. The molecule has 1 N–H and O–H groups in total. The minimum atomic E-state index is -0.250. The zero-order valence-corrected chi connectivity index (χ0v) is 16.6. The monoisotopic (exact) mass is 381 g/mol. The molecule has 1 aliphatic rings. The molecule has 1 atom stereocenters. The van der Waals surface area contributed by atoms with Gasteiger partial charge in [0, 0.05) is 24.4 Å². The molecule has 4 rings (SSSR count). The number of amides is 1. The van der Waals surface area contributed by atoms with Gasteiger partial charge in [0.05, 0.1) is 18.7 Å². The summed E-state index contributed by atoms with van der Waals surface area (Å²) in [6.45, 7) is 3.86. The van der Waals surface area contributed by atoms with Crippen LogP contribution in [0.2, 0.25) is 0 Å². The van der Waals surface area contributed by atoms with Crippen LogP contribution < -0.4 is 10.1 Å². The van der Waals surface area contributed by atoms with E-state index in [2.05, 4.69) is 28.3 Å². The maximum absolute atomic E-state index is 12.8. The van der Waals surface area contributed by atoms with Crippen LogP contribution in [0.5, 0.6) is 5.75 Å². The van der Waals surface area contributed by atoms with Crippen LogP contribution in [0.15, 0.2) is 36.4 Å². The molecule has 3 aromatic rings. The van der Waals surface area contributed by atoms with E-state index in [9.17, 15) is 4.79 Å². The number of carbonyl (C=O) groups excluding carboxylic acids is 1. The third kappa shape index (κ3) is 3.68. The van der Waals surface area contributed by atoms with Crippen LogP contribution in [0.25, 0.3) is 10.8 Å². The molecule has 1 aromatic heterocycles. The molecule has 140 valence electrons. The van der Waals surface area contributed by atoms with Gasteiger partial charge in [-0.3, -0.25) is 4.79 Å². The van der Waals surface area contributed by atoms with Gasteiger partial charge in [-0.25, -0.2) is 4.98 Å². The lowest BCUT2D eigenvalue weighted by Crippen LogP contribution is -2.25. The van der Waals surface area contributed by atoms with E-state index in [1.165, 1.54) is 4.88 Å². The van der Waals surface area contributed by atoms with Gasteiger partial charge < -0.3 is 15.0 Å². The third-order valence-electron chi connectivity index (χ3n) is 5.12. The van der Waals surface area contributed by atoms with E-state index < -0.39 is 0 Å². The summed E-state index contributed by atoms with van der Waals surface area (Å²) in [4.78, 5) is 20.9. The van der Waals surface area contributed by atoms with Crippen molar-refractivity contribution in [2.45, 2.75) is 25.8 Å². The van der Waals surface area contributed by atoms with Gasteiger partial charge in [0.2, 0.25) is 5.91 Å². The highest BCUT2D eigenvalue weighted by atomic mass is 32.1. The van der Waals surface area contributed by atoms with Crippen molar-refractivity contribution in [2.75, 3.05) is 26.0 Å². The number of rotatable bonds is 4. The van der Waals surface area contributed by atoms with Gasteiger partial charge in [-0.1, -0.05) is 24.3 Å². The molecule has 27 heavy (non-hydrogen) atoms. The Hall–Kier alpha value is -2.44. The smallest absolute Gasteiger partial charge is 0.233 e. The van der Waals surface area contributed by atoms with Crippen LogP contribution in [-0.4, -0.2) is 36.5 Å². The lowest BCUT2D eigenvalue weighted by molar-refractivity contribution is -0.117. The molecule has 0 saturated carbocycles. The van der Waals surface area contributed by atoms with E-state index in [0.29, 0.717) is 5.13 Å². The summed E-state index contributed by atoms with van der Waals surface area (Å²) in [6, 6.07) is 12.1. The van der Waals surface area contributed by atoms with Crippen molar-refractivity contribution in [3.63, 3.8) is 0 Å². The maximum Gasteiger partial charge on any atom is 0.233 e. The average Bonchev–Trinajstić information content (AvgIpc) is 3.07. The second-order valence-electron chi connectivity index (χ2n) is 7.06. The topological polar surface area (TPSA) is 54.5 Å². The summed E-state index contributed by atoms with van der Waals surface area (Å²) in [5, 5.41) is 5.91. The summed E-state index contributed by atoms with van der Waals surface area (Å²) in [7, 11) is 3.77. The minimum absolute atomic E-state index is 0.0256. The highest BCUT2D eigenvalue weighted by Gasteiger charge is 2.21. The summed E-state index contributed by atoms with van der Waals surface area (Å²) in [6.07, 6.45) is 0.946. The molecule has 2 heterocycles. The first kappa shape index (κ1) is 17.9. The summed E-state index contributed by atoms with van der Waals surface area (Å²) >= 11 is 1.59. The Kier molecular flexibility index (Phi) is 4.85. The second kappa shape index (κ2) is 7.29. The van der Waals surface area contributed by atoms with Crippen molar-refractivity contribution < 1.29 is 9.53 Å². The standard InChI is InChI=1S/C21H23N3O2S/c1-13(14-4-5-16-11-17(26-3)7-6-15(16)10-14)20(25)23-21-22-18-8-9-24(2)12-19(18)27-21/h4-7,10-11,13H,8-9,12H2,1-3H3,(H,22,23,25)/t13-/m0/s1. The normalized spacial score (nSPS) is 15.4. The van der Waals surface area contributed by atoms with Crippen molar-refractivity contribution in [3.8, 4) is 5.75 Å². The van der Waals surface area contributed by atoms with Crippen molar-refractivity contribution in [1.82, 2.24) is 9.88 Å². The number of methoxy groups -OCH3 is 1. The fraction of sp³-hybridized carbons (Fsp3) is 0.333. The molecule has 0 unspecified atom stereocenters. The highest BCUT2D eigenvalue weighted by Crippen LogP contribution is 2.29. The molecular formula is C21H23N3O2S. The van der Waals surface area contributed by atoms with Crippen LogP contribution in [0.1, 0.15) is 29.0 Å². The average molecular weight is 382 g/mol. The number of ether oxygens (including phenoxy) is 1. The van der Waals surface area contributed by atoms with Crippen molar-refractivity contribution in [2.24, 2.45) is 0 Å². The third-order valence-corrected chi connectivity index (χ3v) is 6.11. The number of anilines is 1. The Bertz CT molecular complexity index is 998. The quantitative estimate of drug-likeness (QED) is 0.741. The van der Waals surface area contributed by atoms with Gasteiger partial charge in [0.25, 0.3) is 0 Å². The number of benzene rings is 2. The fourth-order valence-corrected chi connectivity index (χ4v) is 4.47. The predicted molar refractivity (Wildman–Crippen MR) is 110 cm³/mol. The zero-order valence-electron chi connectivity index (χ0n) is 15.8. The van der Waals surface area contributed by atoms with E-state index in [1.54, 1.807) is 18.4 Å². The largest absolute Gasteiger partial charge is 0.497 e. The zero-order chi connectivity index (χ0) is 19.0. The van der Waals surface area contributed by atoms with Crippen LogP contribution >= 0.6 is 11.3 Å². The number of nitrogens with one attached hydrogen (secondary N) is 1. The lowest BCUT2D eigenvalue weighted by atomic mass is 9.97. The number of nitrogens with zero attached hydrogens (tertiary/aromatic N) is 2. The number of hydrogen-bond acceptors (Lipinski definition) is 5. The van der Waals surface area contributed by atoms with Gasteiger partial charge in [0.15, 0.2) is 5.13 Å². The number of fused-ring (bicyclic) bond motifs is 2. The summed E-state index contributed by atoms with van der Waals surface area (Å²) in [5.41, 5.74) is 2.12. The fourth-order valence-electron chi connectivity index (χ4n) is 3.38. The van der Waals surface area contributed by atoms with Crippen molar-refractivity contribution >= 4 is 33.1 Å². The first-order valence-electron chi connectivity index (χ1n) is 9.09. The van der Waals surface area contributed by atoms with E-state index in [4.69, 9.17) is 4.74 Å². The lowest BCUT2D eigenvalue weighted by Gasteiger charge is -2.20. The van der Waals surface area contributed by atoms with Gasteiger partial charge in [-0.05, 0) is 42.4 Å². The van der Waals surface area contributed by atoms with E-state index in [0.717, 1.165) is 47.3 Å². The number of aromatic nitrogens is 1. The van der Waals surface area contributed by atoms with Crippen molar-refractivity contribution in [3.05, 3.63) is 52.5 Å². The van der Waals surface area contributed by atoms with E-state index in [1.807, 2.05) is 37.3 Å². The molecule has 0 aliphatic carbocycles. The molecule has 0 spiro atoms. The molecule has 0 fully saturated rings. The van der Waals surface area contributed by atoms with E-state index >= 15 is 0 Å². The molecule has 0 radical (unpaired) electrons. The Morgan fingerprint density at radius 2 is 2.04 bits per heavy atom. The summed E-state index contributed by atoms with van der Waals surface area (Å²) in [5.74, 6) is 0.557. The van der Waals surface area contributed by atoms with Crippen LogP contribution in [0.3, 0.4) is 0 Å². The second-order valence-corrected chi connectivity index (χ2v) is 8.14. The number of carbonyl (C=O) groups is 1. The highest BCUT2D eigenvalue weighted by molar-refractivity contribution is 7.15. The number of thiazole rings is 1. The molecule has 6 heteroatoms. The first-order chi connectivity index (χ1) is 13.0. The SMILES string of the molecule is COc1ccc2cc([C@H](C)C(=O)Nc3nc4c(s3)CN(C)CC4)ccc2c1. The number of likely N-dealkylation sites (N-methyl/N-ethyl adjacent to an activating group) is 1. The van der Waals surface area contributed by atoms with Gasteiger partial charge >= 0.3 is 0 Å². The molecule has 2 aromatic carbocycles. The maximum atomic E-state index is 12.8. The molecular weight excluding hydrogens is 358 g/mol. The Morgan fingerprint density at radius 3 is 2.85 bits per heavy atom. The molecule has 1 amide bonds. The number of hydrogen-bond donors (Lipinski definition) is 1. The molecule has 0 saturated heterocycles. The Morgan fingerprint density at radius 1 is 1.26 bits per heavy atom. The van der Waals surface area contributed by atoms with E-state index in [-0.39, 0.29) is 11.8 Å². The van der Waals surface area contributed by atoms with Crippen LogP contribution in [-0.2, 0) is 17.8 Å². The Balaban J connectivity index is 1.51. The molecule has 1 aliphatic heterocycles. The van der Waals surface area contributed by atoms with Gasteiger partial charge in [-0.15, -0.1) is 11.3 Å². The minimum Gasteiger partial charge on any atom is -0.497 e. The summed E-state index contributed by atoms with van der Waals surface area (Å²) < 4.78 is 5.27. The van der Waals surface area contributed by atoms with Crippen LogP contribution in [0.4, 0.5) is 5.13 Å². The van der Waals surface area contributed by atoms with Crippen LogP contribution in [0, 0.1) is 0 Å².